The number of carboxylic acids is 1. The number of rotatable bonds is 6. The molecule has 1 saturated heterocycles. The highest BCUT2D eigenvalue weighted by Gasteiger charge is 2.34. The van der Waals surface area contributed by atoms with Crippen LogP contribution in [-0.4, -0.2) is 47.7 Å². The number of thiocarbonyl (C=S) groups is 1. The maximum atomic E-state index is 13.0. The van der Waals surface area contributed by atoms with Crippen LogP contribution in [0.1, 0.15) is 15.9 Å². The van der Waals surface area contributed by atoms with Crippen molar-refractivity contribution < 1.29 is 34.0 Å². The Balaban J connectivity index is 2.00. The number of carboxylic acid groups (broad SMARTS) is 1. The zero-order chi connectivity index (χ0) is 22.0. The monoisotopic (exact) mass is 447 g/mol. The first-order valence-electron chi connectivity index (χ1n) is 8.45. The smallest absolute Gasteiger partial charge is 0.339 e. The number of benzene rings is 2. The van der Waals surface area contributed by atoms with Gasteiger partial charge in [-0.2, -0.15) is 0 Å². The summed E-state index contributed by atoms with van der Waals surface area (Å²) in [7, 11) is 4.48. The van der Waals surface area contributed by atoms with Crippen molar-refractivity contribution in [2.45, 2.75) is 0 Å². The second-order valence-electron chi connectivity index (χ2n) is 5.98. The highest BCUT2D eigenvalue weighted by atomic mass is 32.2. The number of phenols is 1. The van der Waals surface area contributed by atoms with E-state index in [9.17, 15) is 19.8 Å². The Labute approximate surface area is 181 Å². The van der Waals surface area contributed by atoms with E-state index in [4.69, 9.17) is 26.4 Å². The van der Waals surface area contributed by atoms with Gasteiger partial charge in [-0.05, 0) is 42.0 Å². The van der Waals surface area contributed by atoms with Crippen molar-refractivity contribution in [3.8, 4) is 23.0 Å². The molecular formula is C20H17NO7S2. The lowest BCUT2D eigenvalue weighted by molar-refractivity contribution is -0.113. The molecule has 0 radical (unpaired) electrons. The number of ether oxygens (including phenoxy) is 3. The van der Waals surface area contributed by atoms with E-state index >= 15 is 0 Å². The van der Waals surface area contributed by atoms with Crippen LogP contribution in [0.5, 0.6) is 23.0 Å². The number of thioether (sulfide) groups is 1. The fraction of sp³-hybridized carbons (Fsp3) is 0.150. The molecule has 1 heterocycles. The molecule has 0 unspecified atom stereocenters. The van der Waals surface area contributed by atoms with Crippen molar-refractivity contribution in [1.29, 1.82) is 0 Å². The maximum absolute atomic E-state index is 13.0. The Bertz CT molecular complexity index is 1060. The predicted molar refractivity (Wildman–Crippen MR) is 117 cm³/mol. The molecule has 156 valence electrons. The van der Waals surface area contributed by atoms with Crippen molar-refractivity contribution in [2.24, 2.45) is 0 Å². The Morgan fingerprint density at radius 2 is 1.73 bits per heavy atom. The highest BCUT2D eigenvalue weighted by Crippen LogP contribution is 2.41. The molecule has 1 aliphatic rings. The van der Waals surface area contributed by atoms with Gasteiger partial charge in [0.2, 0.25) is 5.75 Å². The van der Waals surface area contributed by atoms with Crippen molar-refractivity contribution in [3.63, 3.8) is 0 Å². The first-order chi connectivity index (χ1) is 14.3. The molecular weight excluding hydrogens is 430 g/mol. The third-order valence-corrected chi connectivity index (χ3v) is 5.55. The summed E-state index contributed by atoms with van der Waals surface area (Å²) in [6, 6.07) is 7.22. The van der Waals surface area contributed by atoms with E-state index in [-0.39, 0.29) is 15.6 Å². The summed E-state index contributed by atoms with van der Waals surface area (Å²) >= 11 is 6.39. The fourth-order valence-electron chi connectivity index (χ4n) is 2.86. The minimum Gasteiger partial charge on any atom is -0.507 e. The third-order valence-electron chi connectivity index (χ3n) is 4.25. The normalized spacial score (nSPS) is 14.9. The molecule has 1 aliphatic heterocycles. The number of aromatic hydroxyl groups is 1. The predicted octanol–water partition coefficient (Wildman–Crippen LogP) is 3.52. The van der Waals surface area contributed by atoms with E-state index in [1.807, 2.05) is 0 Å². The zero-order valence-corrected chi connectivity index (χ0v) is 17.8. The van der Waals surface area contributed by atoms with Crippen LogP contribution >= 0.6 is 24.0 Å². The number of anilines is 1. The van der Waals surface area contributed by atoms with Crippen LogP contribution in [-0.2, 0) is 4.79 Å². The Morgan fingerprint density at radius 3 is 2.27 bits per heavy atom. The maximum Gasteiger partial charge on any atom is 0.339 e. The lowest BCUT2D eigenvalue weighted by Gasteiger charge is -2.15. The van der Waals surface area contributed by atoms with Crippen LogP contribution in [0, 0.1) is 0 Å². The molecule has 30 heavy (non-hydrogen) atoms. The van der Waals surface area contributed by atoms with Gasteiger partial charge in [0.25, 0.3) is 5.91 Å². The number of carbonyl (C=O) groups is 2. The standard InChI is InChI=1S/C20H17NO7S2/c1-26-14-6-10(7-15(27-2)17(14)28-3)8-16-18(23)21(20(29)30-16)11-4-5-13(22)12(9-11)19(24)25/h4-9,22H,1-3H3,(H,24,25). The van der Waals surface area contributed by atoms with Crippen LogP contribution in [0.4, 0.5) is 5.69 Å². The second kappa shape index (κ2) is 8.64. The number of amides is 1. The number of hydrogen-bond donors (Lipinski definition) is 2. The van der Waals surface area contributed by atoms with Gasteiger partial charge < -0.3 is 24.4 Å². The summed E-state index contributed by atoms with van der Waals surface area (Å²) in [4.78, 5) is 25.8. The van der Waals surface area contributed by atoms with Gasteiger partial charge in [-0.15, -0.1) is 0 Å². The molecule has 2 aromatic carbocycles. The van der Waals surface area contributed by atoms with Gasteiger partial charge in [0.05, 0.1) is 31.9 Å². The van der Waals surface area contributed by atoms with Crippen LogP contribution in [0.25, 0.3) is 6.08 Å². The number of methoxy groups -OCH3 is 3. The molecule has 3 rings (SSSR count). The number of carbonyl (C=O) groups excluding carboxylic acids is 1. The Kier molecular flexibility index (Phi) is 6.18. The van der Waals surface area contributed by atoms with Crippen LogP contribution in [0.15, 0.2) is 35.2 Å². The molecule has 0 bridgehead atoms. The second-order valence-corrected chi connectivity index (χ2v) is 7.66. The highest BCUT2D eigenvalue weighted by molar-refractivity contribution is 8.27. The van der Waals surface area contributed by atoms with Gasteiger partial charge in [-0.3, -0.25) is 9.69 Å². The van der Waals surface area contributed by atoms with Crippen molar-refractivity contribution in [2.75, 3.05) is 26.2 Å². The van der Waals surface area contributed by atoms with E-state index in [2.05, 4.69) is 0 Å². The lowest BCUT2D eigenvalue weighted by Crippen LogP contribution is -2.27. The molecule has 1 amide bonds. The summed E-state index contributed by atoms with van der Waals surface area (Å²) < 4.78 is 16.2. The first kappa shape index (κ1) is 21.5. The zero-order valence-electron chi connectivity index (χ0n) is 16.2. The molecule has 2 N–H and O–H groups in total. The summed E-state index contributed by atoms with van der Waals surface area (Å²) in [5.41, 5.74) is 0.554. The Morgan fingerprint density at radius 1 is 1.10 bits per heavy atom. The van der Waals surface area contributed by atoms with Gasteiger partial charge in [-0.25, -0.2) is 4.79 Å². The van der Waals surface area contributed by atoms with Crippen LogP contribution < -0.4 is 19.1 Å². The molecule has 10 heteroatoms. The molecule has 1 fully saturated rings. The van der Waals surface area contributed by atoms with Crippen molar-refractivity contribution in [3.05, 3.63) is 46.4 Å². The Hall–Kier alpha value is -3.24. The average Bonchev–Trinajstić information content (AvgIpc) is 3.00. The molecule has 0 atom stereocenters. The molecule has 0 spiro atoms. The number of aromatic carboxylic acids is 1. The lowest BCUT2D eigenvalue weighted by atomic mass is 10.1. The quantitative estimate of drug-likeness (QED) is 0.508. The minimum absolute atomic E-state index is 0.237. The van der Waals surface area contributed by atoms with Gasteiger partial charge in [0, 0.05) is 0 Å². The van der Waals surface area contributed by atoms with Crippen LogP contribution in [0.3, 0.4) is 0 Å². The summed E-state index contributed by atoms with van der Waals surface area (Å²) in [6.45, 7) is 0. The summed E-state index contributed by atoms with van der Waals surface area (Å²) in [6.07, 6.45) is 1.63. The van der Waals surface area contributed by atoms with E-state index in [1.165, 1.54) is 44.4 Å². The van der Waals surface area contributed by atoms with Gasteiger partial charge >= 0.3 is 5.97 Å². The largest absolute Gasteiger partial charge is 0.507 e. The third kappa shape index (κ3) is 3.91. The SMILES string of the molecule is COc1cc(C=C2SC(=S)N(c3ccc(O)c(C(=O)O)c3)C2=O)cc(OC)c1OC. The average molecular weight is 447 g/mol. The van der Waals surface area contributed by atoms with E-state index < -0.39 is 17.6 Å². The fourth-order valence-corrected chi connectivity index (χ4v) is 4.16. The van der Waals surface area contributed by atoms with Crippen molar-refractivity contribution in [1.82, 2.24) is 0 Å². The summed E-state index contributed by atoms with van der Waals surface area (Å²) in [5.74, 6) is -0.834. The minimum atomic E-state index is -1.31. The van der Waals surface area contributed by atoms with Crippen molar-refractivity contribution >= 4 is 51.9 Å². The molecule has 0 saturated carbocycles. The topological polar surface area (TPSA) is 106 Å². The molecule has 0 aromatic heterocycles. The van der Waals surface area contributed by atoms with E-state index in [1.54, 1.807) is 18.2 Å². The first-order valence-corrected chi connectivity index (χ1v) is 9.67. The molecule has 8 nitrogen and oxygen atoms in total. The van der Waals surface area contributed by atoms with Gasteiger partial charge in [0.15, 0.2) is 15.8 Å². The van der Waals surface area contributed by atoms with E-state index in [0.717, 1.165) is 11.8 Å². The number of nitrogens with zero attached hydrogens (tertiary/aromatic N) is 1. The number of hydrogen-bond acceptors (Lipinski definition) is 8. The summed E-state index contributed by atoms with van der Waals surface area (Å²) in [5, 5.41) is 18.9. The van der Waals surface area contributed by atoms with Gasteiger partial charge in [0.1, 0.15) is 11.3 Å². The van der Waals surface area contributed by atoms with Gasteiger partial charge in [-0.1, -0.05) is 24.0 Å². The van der Waals surface area contributed by atoms with Crippen LogP contribution in [0.2, 0.25) is 0 Å². The molecule has 0 aliphatic carbocycles. The van der Waals surface area contributed by atoms with E-state index in [0.29, 0.717) is 27.7 Å². The molecule has 2 aromatic rings.